The molecule has 6 nitrogen and oxygen atoms in total. The molecule has 128 valence electrons. The lowest BCUT2D eigenvalue weighted by atomic mass is 10.2. The maximum atomic E-state index is 12.3. The largest absolute Gasteiger partial charge is 0.493 e. The summed E-state index contributed by atoms with van der Waals surface area (Å²) in [6.07, 6.45) is 1.60. The molecule has 0 spiro atoms. The smallest absolute Gasteiger partial charge is 0.255 e. The van der Waals surface area contributed by atoms with Crippen molar-refractivity contribution in [3.8, 4) is 11.5 Å². The first-order valence-corrected chi connectivity index (χ1v) is 8.77. The van der Waals surface area contributed by atoms with E-state index in [4.69, 9.17) is 14.6 Å². The first-order chi connectivity index (χ1) is 11.5. The number of nitrogens with one attached hydrogen (secondary N) is 1. The van der Waals surface area contributed by atoms with Gasteiger partial charge >= 0.3 is 0 Å². The summed E-state index contributed by atoms with van der Waals surface area (Å²) in [5.74, 6) is 0.558. The second kappa shape index (κ2) is 8.47. The fourth-order valence-electron chi connectivity index (χ4n) is 2.02. The normalized spacial score (nSPS) is 11.6. The van der Waals surface area contributed by atoms with Crippen LogP contribution in [0.3, 0.4) is 0 Å². The minimum atomic E-state index is -1.06. The van der Waals surface area contributed by atoms with E-state index in [0.717, 1.165) is 0 Å². The molecule has 0 aromatic heterocycles. The van der Waals surface area contributed by atoms with Crippen LogP contribution in [-0.4, -0.2) is 41.8 Å². The van der Waals surface area contributed by atoms with Crippen LogP contribution in [0.15, 0.2) is 47.4 Å². The van der Waals surface area contributed by atoms with Crippen LogP contribution >= 0.6 is 0 Å². The van der Waals surface area contributed by atoms with Gasteiger partial charge in [0, 0.05) is 33.2 Å². The third-order valence-electron chi connectivity index (χ3n) is 3.22. The van der Waals surface area contributed by atoms with Crippen molar-refractivity contribution >= 4 is 22.4 Å². The monoisotopic (exact) mass is 349 g/mol. The number of carbonyl (C=O) groups excluding carboxylic acids is 1. The Morgan fingerprint density at radius 1 is 1.17 bits per heavy atom. The predicted octanol–water partition coefficient (Wildman–Crippen LogP) is 2.06. The Labute approximate surface area is 142 Å². The van der Waals surface area contributed by atoms with E-state index in [0.29, 0.717) is 27.6 Å². The highest BCUT2D eigenvalue weighted by atomic mass is 32.2. The summed E-state index contributed by atoms with van der Waals surface area (Å²) >= 11 is 0. The summed E-state index contributed by atoms with van der Waals surface area (Å²) < 4.78 is 21.9. The average Bonchev–Trinajstić information content (AvgIpc) is 2.60. The zero-order chi connectivity index (χ0) is 17.5. The Balaban J connectivity index is 2.15. The van der Waals surface area contributed by atoms with E-state index < -0.39 is 10.8 Å². The minimum Gasteiger partial charge on any atom is -0.493 e. The number of rotatable bonds is 7. The lowest BCUT2D eigenvalue weighted by molar-refractivity contribution is 0.102. The van der Waals surface area contributed by atoms with Crippen LogP contribution in [-0.2, 0) is 10.8 Å². The van der Waals surface area contributed by atoms with Gasteiger partial charge in [-0.25, -0.2) is 0 Å². The van der Waals surface area contributed by atoms with Gasteiger partial charge in [0.25, 0.3) is 5.91 Å². The summed E-state index contributed by atoms with van der Waals surface area (Å²) in [5, 5.41) is 11.6. The average molecular weight is 349 g/mol. The van der Waals surface area contributed by atoms with Crippen molar-refractivity contribution in [2.45, 2.75) is 4.90 Å². The van der Waals surface area contributed by atoms with E-state index in [1.54, 1.807) is 48.7 Å². The SMILES string of the molecule is COc1ccc(C(=O)Nc2ccc([S@](C)=O)cc2)cc1OCCO. The molecule has 0 aliphatic rings. The van der Waals surface area contributed by atoms with Crippen molar-refractivity contribution in [3.63, 3.8) is 0 Å². The molecule has 0 saturated heterocycles. The Morgan fingerprint density at radius 3 is 2.46 bits per heavy atom. The number of carbonyl (C=O) groups is 1. The van der Waals surface area contributed by atoms with Crippen LogP contribution in [0.2, 0.25) is 0 Å². The van der Waals surface area contributed by atoms with Crippen LogP contribution < -0.4 is 14.8 Å². The third-order valence-corrected chi connectivity index (χ3v) is 4.15. The fraction of sp³-hybridized carbons (Fsp3) is 0.235. The highest BCUT2D eigenvalue weighted by Crippen LogP contribution is 2.28. The van der Waals surface area contributed by atoms with Crippen LogP contribution in [0.4, 0.5) is 5.69 Å². The molecule has 7 heteroatoms. The van der Waals surface area contributed by atoms with Gasteiger partial charge in [-0.15, -0.1) is 0 Å². The molecule has 1 atom stereocenters. The third kappa shape index (κ3) is 4.56. The fourth-order valence-corrected chi connectivity index (χ4v) is 2.54. The maximum absolute atomic E-state index is 12.3. The molecule has 0 unspecified atom stereocenters. The highest BCUT2D eigenvalue weighted by Gasteiger charge is 2.12. The van der Waals surface area contributed by atoms with Crippen LogP contribution in [0.5, 0.6) is 11.5 Å². The van der Waals surface area contributed by atoms with E-state index in [1.165, 1.54) is 7.11 Å². The highest BCUT2D eigenvalue weighted by molar-refractivity contribution is 7.84. The van der Waals surface area contributed by atoms with E-state index in [2.05, 4.69) is 5.32 Å². The standard InChI is InChI=1S/C17H19NO5S/c1-22-15-8-3-12(11-16(15)23-10-9-19)17(20)18-13-4-6-14(7-5-13)24(2)21/h3-8,11,19H,9-10H2,1-2H3,(H,18,20)/t24-/m0/s1. The number of ether oxygens (including phenoxy) is 2. The minimum absolute atomic E-state index is 0.108. The molecule has 2 aromatic carbocycles. The second-order valence-corrected chi connectivity index (χ2v) is 6.25. The molecule has 2 N–H and O–H groups in total. The lowest BCUT2D eigenvalue weighted by Crippen LogP contribution is -2.12. The molecule has 0 radical (unpaired) electrons. The molecular weight excluding hydrogens is 330 g/mol. The van der Waals surface area contributed by atoms with Gasteiger partial charge in [-0.1, -0.05) is 0 Å². The van der Waals surface area contributed by atoms with Gasteiger partial charge in [0.15, 0.2) is 11.5 Å². The second-order valence-electron chi connectivity index (χ2n) is 4.87. The Bertz CT molecular complexity index is 730. The number of amides is 1. The van der Waals surface area contributed by atoms with Crippen LogP contribution in [0, 0.1) is 0 Å². The van der Waals surface area contributed by atoms with Crippen molar-refractivity contribution in [2.24, 2.45) is 0 Å². The summed E-state index contributed by atoms with van der Waals surface area (Å²) in [5.41, 5.74) is 0.995. The summed E-state index contributed by atoms with van der Waals surface area (Å²) in [4.78, 5) is 13.0. The first kappa shape index (κ1) is 18.0. The molecule has 0 aliphatic carbocycles. The van der Waals surface area contributed by atoms with Crippen molar-refractivity contribution < 1.29 is 23.6 Å². The van der Waals surface area contributed by atoms with E-state index in [9.17, 15) is 9.00 Å². The van der Waals surface area contributed by atoms with Gasteiger partial charge in [0.2, 0.25) is 0 Å². The van der Waals surface area contributed by atoms with Crippen molar-refractivity contribution in [1.82, 2.24) is 0 Å². The Kier molecular flexibility index (Phi) is 6.34. The van der Waals surface area contributed by atoms with Gasteiger partial charge in [0.1, 0.15) is 6.61 Å². The number of aliphatic hydroxyl groups is 1. The first-order valence-electron chi connectivity index (χ1n) is 7.21. The quantitative estimate of drug-likeness (QED) is 0.799. The molecule has 0 bridgehead atoms. The summed E-state index contributed by atoms with van der Waals surface area (Å²) in [7, 11) is 0.440. The molecule has 0 fully saturated rings. The van der Waals surface area contributed by atoms with Gasteiger partial charge in [-0.05, 0) is 42.5 Å². The zero-order valence-electron chi connectivity index (χ0n) is 13.4. The molecular formula is C17H19NO5S. The molecule has 24 heavy (non-hydrogen) atoms. The maximum Gasteiger partial charge on any atom is 0.255 e. The van der Waals surface area contributed by atoms with Crippen molar-refractivity contribution in [2.75, 3.05) is 31.9 Å². The Hall–Kier alpha value is -2.38. The van der Waals surface area contributed by atoms with Crippen LogP contribution in [0.25, 0.3) is 0 Å². The zero-order valence-corrected chi connectivity index (χ0v) is 14.3. The number of anilines is 1. The van der Waals surface area contributed by atoms with E-state index >= 15 is 0 Å². The van der Waals surface area contributed by atoms with Gasteiger partial charge in [0.05, 0.1) is 13.7 Å². The number of hydrogen-bond acceptors (Lipinski definition) is 5. The van der Waals surface area contributed by atoms with Crippen molar-refractivity contribution in [3.05, 3.63) is 48.0 Å². The topological polar surface area (TPSA) is 84.9 Å². The predicted molar refractivity (Wildman–Crippen MR) is 92.3 cm³/mol. The molecule has 2 aromatic rings. The van der Waals surface area contributed by atoms with E-state index in [1.807, 2.05) is 0 Å². The number of aliphatic hydroxyl groups excluding tert-OH is 1. The lowest BCUT2D eigenvalue weighted by Gasteiger charge is -2.12. The van der Waals surface area contributed by atoms with E-state index in [-0.39, 0.29) is 19.1 Å². The molecule has 2 rings (SSSR count). The van der Waals surface area contributed by atoms with Gasteiger partial charge in [-0.3, -0.25) is 9.00 Å². The number of benzene rings is 2. The summed E-state index contributed by atoms with van der Waals surface area (Å²) in [6, 6.07) is 11.6. The van der Waals surface area contributed by atoms with Crippen LogP contribution in [0.1, 0.15) is 10.4 Å². The molecule has 0 saturated carbocycles. The molecule has 1 amide bonds. The van der Waals surface area contributed by atoms with Crippen molar-refractivity contribution in [1.29, 1.82) is 0 Å². The summed E-state index contributed by atoms with van der Waals surface area (Å²) in [6.45, 7) is -0.0260. The Morgan fingerprint density at radius 2 is 1.88 bits per heavy atom. The van der Waals surface area contributed by atoms with Gasteiger partial charge < -0.3 is 19.9 Å². The molecule has 0 aliphatic heterocycles. The van der Waals surface area contributed by atoms with Gasteiger partial charge in [-0.2, -0.15) is 0 Å². The number of hydrogen-bond donors (Lipinski definition) is 2. The number of methoxy groups -OCH3 is 1. The molecule has 0 heterocycles.